The van der Waals surface area contributed by atoms with Gasteiger partial charge in [0.15, 0.2) is 5.13 Å². The number of hydrogen-bond acceptors (Lipinski definition) is 7. The van der Waals surface area contributed by atoms with Gasteiger partial charge in [-0.1, -0.05) is 11.3 Å². The van der Waals surface area contributed by atoms with Crippen LogP contribution in [0.5, 0.6) is 0 Å². The maximum Gasteiger partial charge on any atom is 0.265 e. The van der Waals surface area contributed by atoms with Crippen LogP contribution < -0.4 is 16.0 Å². The van der Waals surface area contributed by atoms with Crippen molar-refractivity contribution in [3.63, 3.8) is 0 Å². The van der Waals surface area contributed by atoms with Crippen LogP contribution in [0.25, 0.3) is 0 Å². The zero-order valence-electron chi connectivity index (χ0n) is 11.2. The normalized spacial score (nSPS) is 10.5. The lowest BCUT2D eigenvalue weighted by molar-refractivity contribution is 0.0961. The first-order chi connectivity index (χ1) is 9.06. The Morgan fingerprint density at radius 3 is 2.84 bits per heavy atom. The van der Waals surface area contributed by atoms with Crippen LogP contribution in [-0.4, -0.2) is 54.8 Å². The van der Waals surface area contributed by atoms with Crippen LogP contribution in [0.2, 0.25) is 0 Å². The Hall–Kier alpha value is -0.990. The molecule has 0 aromatic carbocycles. The maximum atomic E-state index is 11.9. The van der Waals surface area contributed by atoms with Gasteiger partial charge in [-0.05, 0) is 12.2 Å². The summed E-state index contributed by atoms with van der Waals surface area (Å²) >= 11 is 2.99. The van der Waals surface area contributed by atoms with Gasteiger partial charge >= 0.3 is 0 Å². The largest absolute Gasteiger partial charge is 0.396 e. The minimum absolute atomic E-state index is 0.175. The first-order valence-electron chi connectivity index (χ1n) is 5.96. The van der Waals surface area contributed by atoms with E-state index in [-0.39, 0.29) is 18.3 Å². The molecule has 0 fully saturated rings. The van der Waals surface area contributed by atoms with E-state index in [1.807, 2.05) is 19.0 Å². The summed E-state index contributed by atoms with van der Waals surface area (Å²) in [6, 6.07) is 0. The molecule has 0 aliphatic carbocycles. The standard InChI is InChI=1S/C11H20N4O2S2/c1-15(2)11-14-9(12)8(19-11)10(17)13-4-7-18-6-3-5-16/h16H,3-7,12H2,1-2H3,(H,13,17). The Morgan fingerprint density at radius 1 is 1.53 bits per heavy atom. The number of nitrogens with one attached hydrogen (secondary N) is 1. The van der Waals surface area contributed by atoms with Crippen molar-refractivity contribution in [2.45, 2.75) is 6.42 Å². The predicted molar refractivity (Wildman–Crippen MR) is 82.2 cm³/mol. The monoisotopic (exact) mass is 304 g/mol. The van der Waals surface area contributed by atoms with Gasteiger partial charge in [-0.25, -0.2) is 4.98 Å². The van der Waals surface area contributed by atoms with Crippen molar-refractivity contribution in [3.8, 4) is 0 Å². The van der Waals surface area contributed by atoms with E-state index in [0.29, 0.717) is 11.4 Å². The number of nitrogens with zero attached hydrogens (tertiary/aromatic N) is 2. The Balaban J connectivity index is 2.37. The van der Waals surface area contributed by atoms with E-state index < -0.39 is 0 Å². The van der Waals surface area contributed by atoms with Gasteiger partial charge in [-0.2, -0.15) is 11.8 Å². The summed E-state index contributed by atoms with van der Waals surface area (Å²) in [7, 11) is 3.72. The Bertz CT molecular complexity index is 409. The molecule has 0 saturated carbocycles. The van der Waals surface area contributed by atoms with Gasteiger partial charge in [0, 0.05) is 33.0 Å². The third-order valence-electron chi connectivity index (χ3n) is 2.21. The lowest BCUT2D eigenvalue weighted by atomic mass is 10.4. The van der Waals surface area contributed by atoms with Crippen LogP contribution in [-0.2, 0) is 0 Å². The Labute approximate surface area is 121 Å². The van der Waals surface area contributed by atoms with E-state index in [9.17, 15) is 4.79 Å². The molecule has 1 amide bonds. The molecule has 0 saturated heterocycles. The molecule has 8 heteroatoms. The molecule has 1 heterocycles. The topological polar surface area (TPSA) is 91.5 Å². The van der Waals surface area contributed by atoms with Crippen LogP contribution in [0.3, 0.4) is 0 Å². The third-order valence-corrected chi connectivity index (χ3v) is 4.52. The molecule has 1 aromatic rings. The summed E-state index contributed by atoms with van der Waals surface area (Å²) in [5, 5.41) is 12.2. The van der Waals surface area contributed by atoms with Crippen LogP contribution in [0.1, 0.15) is 16.1 Å². The molecule has 0 atom stereocenters. The van der Waals surface area contributed by atoms with Gasteiger partial charge in [-0.3, -0.25) is 4.79 Å². The molecule has 0 aliphatic heterocycles. The minimum atomic E-state index is -0.175. The average Bonchev–Trinajstić information content (AvgIpc) is 2.76. The average molecular weight is 304 g/mol. The van der Waals surface area contributed by atoms with E-state index in [1.54, 1.807) is 11.8 Å². The van der Waals surface area contributed by atoms with Crippen LogP contribution in [0.15, 0.2) is 0 Å². The first kappa shape index (κ1) is 16.1. The van der Waals surface area contributed by atoms with E-state index in [4.69, 9.17) is 10.8 Å². The summed E-state index contributed by atoms with van der Waals surface area (Å²) in [6.45, 7) is 0.799. The SMILES string of the molecule is CN(C)c1nc(N)c(C(=O)NCCSCCCO)s1. The van der Waals surface area contributed by atoms with Gasteiger partial charge in [0.25, 0.3) is 5.91 Å². The van der Waals surface area contributed by atoms with Crippen molar-refractivity contribution in [2.24, 2.45) is 0 Å². The fourth-order valence-electron chi connectivity index (χ4n) is 1.26. The second kappa shape index (κ2) is 8.23. The van der Waals surface area contributed by atoms with Crippen molar-refractivity contribution in [2.75, 3.05) is 49.4 Å². The molecule has 1 rings (SSSR count). The number of anilines is 2. The highest BCUT2D eigenvalue weighted by Gasteiger charge is 2.16. The van der Waals surface area contributed by atoms with Crippen LogP contribution in [0.4, 0.5) is 10.9 Å². The highest BCUT2D eigenvalue weighted by atomic mass is 32.2. The Kier molecular flexibility index (Phi) is 6.96. The lowest BCUT2D eigenvalue weighted by Crippen LogP contribution is -2.25. The lowest BCUT2D eigenvalue weighted by Gasteiger charge is -2.05. The van der Waals surface area contributed by atoms with Crippen molar-refractivity contribution >= 4 is 40.0 Å². The number of carbonyl (C=O) groups is 1. The number of nitrogens with two attached hydrogens (primary N) is 1. The highest BCUT2D eigenvalue weighted by Crippen LogP contribution is 2.26. The molecule has 0 unspecified atom stereocenters. The molecule has 6 nitrogen and oxygen atoms in total. The fraction of sp³-hybridized carbons (Fsp3) is 0.636. The van der Waals surface area contributed by atoms with Gasteiger partial charge in [0.1, 0.15) is 10.7 Å². The van der Waals surface area contributed by atoms with Crippen LogP contribution in [0, 0.1) is 0 Å². The maximum absolute atomic E-state index is 11.9. The second-order valence-corrected chi connectivity index (χ2v) is 6.25. The number of aromatic nitrogens is 1. The molecule has 19 heavy (non-hydrogen) atoms. The summed E-state index contributed by atoms with van der Waals surface area (Å²) < 4.78 is 0. The van der Waals surface area contributed by atoms with Gasteiger partial charge in [-0.15, -0.1) is 0 Å². The van der Waals surface area contributed by atoms with Gasteiger partial charge < -0.3 is 21.1 Å². The molecule has 0 radical (unpaired) electrons. The molecule has 0 spiro atoms. The number of thioether (sulfide) groups is 1. The summed E-state index contributed by atoms with van der Waals surface area (Å²) in [4.78, 5) is 18.3. The quantitative estimate of drug-likeness (QED) is 0.610. The van der Waals surface area contributed by atoms with Crippen molar-refractivity contribution in [1.82, 2.24) is 10.3 Å². The van der Waals surface area contributed by atoms with Gasteiger partial charge in [0.2, 0.25) is 0 Å². The zero-order chi connectivity index (χ0) is 14.3. The molecule has 4 N–H and O–H groups in total. The van der Waals surface area contributed by atoms with E-state index in [0.717, 1.165) is 23.1 Å². The number of carbonyl (C=O) groups excluding carboxylic acids is 1. The minimum Gasteiger partial charge on any atom is -0.396 e. The van der Waals surface area contributed by atoms with E-state index >= 15 is 0 Å². The highest BCUT2D eigenvalue weighted by molar-refractivity contribution is 7.99. The van der Waals surface area contributed by atoms with Gasteiger partial charge in [0.05, 0.1) is 0 Å². The number of hydrogen-bond donors (Lipinski definition) is 3. The summed E-state index contributed by atoms with van der Waals surface area (Å²) in [5.74, 6) is 1.83. The number of aliphatic hydroxyl groups is 1. The fourth-order valence-corrected chi connectivity index (χ4v) is 2.87. The predicted octanol–water partition coefficient (Wildman–Crippen LogP) is 0.637. The molecule has 0 bridgehead atoms. The number of thiazole rings is 1. The number of nitrogen functional groups attached to an aromatic ring is 1. The molecule has 108 valence electrons. The molecular formula is C11H20N4O2S2. The van der Waals surface area contributed by atoms with Crippen LogP contribution >= 0.6 is 23.1 Å². The summed E-state index contributed by atoms with van der Waals surface area (Å²) in [5.41, 5.74) is 5.73. The molecular weight excluding hydrogens is 284 g/mol. The number of amides is 1. The Morgan fingerprint density at radius 2 is 2.26 bits per heavy atom. The van der Waals surface area contributed by atoms with E-state index in [1.165, 1.54) is 11.3 Å². The molecule has 0 aliphatic rings. The number of rotatable bonds is 8. The molecule has 1 aromatic heterocycles. The first-order valence-corrected chi connectivity index (χ1v) is 7.93. The summed E-state index contributed by atoms with van der Waals surface area (Å²) in [6.07, 6.45) is 0.784. The third kappa shape index (κ3) is 5.25. The van der Waals surface area contributed by atoms with Crippen molar-refractivity contribution in [1.29, 1.82) is 0 Å². The van der Waals surface area contributed by atoms with E-state index in [2.05, 4.69) is 10.3 Å². The number of aliphatic hydroxyl groups excluding tert-OH is 1. The smallest absolute Gasteiger partial charge is 0.265 e. The van der Waals surface area contributed by atoms with Crippen molar-refractivity contribution in [3.05, 3.63) is 4.88 Å². The van der Waals surface area contributed by atoms with Crippen molar-refractivity contribution < 1.29 is 9.90 Å². The second-order valence-electron chi connectivity index (χ2n) is 4.05. The zero-order valence-corrected chi connectivity index (χ0v) is 12.8.